The minimum Gasteiger partial charge on any atom is -0.508 e. The quantitative estimate of drug-likeness (QED) is 0.855. The lowest BCUT2D eigenvalue weighted by Gasteiger charge is -2.13. The largest absolute Gasteiger partial charge is 0.508 e. The molecule has 0 saturated carbocycles. The van der Waals surface area contributed by atoms with Crippen molar-refractivity contribution in [2.75, 3.05) is 0 Å². The maximum absolute atomic E-state index is 9.81. The molecule has 2 N–H and O–H groups in total. The van der Waals surface area contributed by atoms with Crippen LogP contribution in [0.3, 0.4) is 0 Å². The Bertz CT molecular complexity index is 581. The van der Waals surface area contributed by atoms with E-state index in [1.807, 2.05) is 39.8 Å². The SMILES string of the molecule is Cc1cc(Cc2c(C)cc(O)cc2C)cc(C)c1O. The smallest absolute Gasteiger partial charge is 0.121 e. The molecule has 0 bridgehead atoms. The Balaban J connectivity index is 2.42. The standard InChI is InChI=1S/C17H20O2/c1-10-7-15(18)8-11(2)16(10)9-14-5-12(3)17(19)13(4)6-14/h5-8,18-19H,9H2,1-4H3. The molecule has 0 aliphatic carbocycles. The van der Waals surface area contributed by atoms with Crippen molar-refractivity contribution < 1.29 is 10.2 Å². The molecule has 0 aromatic heterocycles. The number of aromatic hydroxyl groups is 2. The van der Waals surface area contributed by atoms with E-state index in [1.54, 1.807) is 12.1 Å². The molecule has 2 aromatic carbocycles. The second kappa shape index (κ2) is 4.96. The minimum atomic E-state index is 0.316. The molecular formula is C17H20O2. The van der Waals surface area contributed by atoms with Gasteiger partial charge in [-0.1, -0.05) is 12.1 Å². The summed E-state index contributed by atoms with van der Waals surface area (Å²) < 4.78 is 0. The van der Waals surface area contributed by atoms with Crippen molar-refractivity contribution in [2.45, 2.75) is 34.1 Å². The van der Waals surface area contributed by atoms with E-state index in [9.17, 15) is 10.2 Å². The van der Waals surface area contributed by atoms with E-state index in [4.69, 9.17) is 0 Å². The van der Waals surface area contributed by atoms with E-state index in [0.717, 1.165) is 28.7 Å². The summed E-state index contributed by atoms with van der Waals surface area (Å²) in [6.07, 6.45) is 0.819. The number of aryl methyl sites for hydroxylation is 4. The van der Waals surface area contributed by atoms with Crippen molar-refractivity contribution in [1.29, 1.82) is 0 Å². The van der Waals surface area contributed by atoms with Crippen LogP contribution in [0.4, 0.5) is 0 Å². The molecular weight excluding hydrogens is 236 g/mol. The lowest BCUT2D eigenvalue weighted by Crippen LogP contribution is -1.97. The van der Waals surface area contributed by atoms with Crippen molar-refractivity contribution in [3.63, 3.8) is 0 Å². The summed E-state index contributed by atoms with van der Waals surface area (Å²) >= 11 is 0. The number of phenols is 2. The van der Waals surface area contributed by atoms with Crippen LogP contribution in [0.2, 0.25) is 0 Å². The fourth-order valence-corrected chi connectivity index (χ4v) is 2.60. The average molecular weight is 256 g/mol. The Kier molecular flexibility index (Phi) is 3.52. The third-order valence-corrected chi connectivity index (χ3v) is 3.61. The van der Waals surface area contributed by atoms with Gasteiger partial charge in [-0.2, -0.15) is 0 Å². The zero-order chi connectivity index (χ0) is 14.2. The molecule has 19 heavy (non-hydrogen) atoms. The van der Waals surface area contributed by atoms with E-state index in [0.29, 0.717) is 11.5 Å². The predicted octanol–water partition coefficient (Wildman–Crippen LogP) is 3.92. The van der Waals surface area contributed by atoms with E-state index < -0.39 is 0 Å². The van der Waals surface area contributed by atoms with E-state index >= 15 is 0 Å². The summed E-state index contributed by atoms with van der Waals surface area (Å²) in [5.74, 6) is 0.694. The molecule has 0 radical (unpaired) electrons. The van der Waals surface area contributed by atoms with Crippen LogP contribution < -0.4 is 0 Å². The number of benzene rings is 2. The molecule has 0 fully saturated rings. The highest BCUT2D eigenvalue weighted by Gasteiger charge is 2.08. The summed E-state index contributed by atoms with van der Waals surface area (Å²) in [7, 11) is 0. The van der Waals surface area contributed by atoms with Gasteiger partial charge in [0.25, 0.3) is 0 Å². The molecule has 2 rings (SSSR count). The molecule has 0 atom stereocenters. The zero-order valence-electron chi connectivity index (χ0n) is 11.9. The van der Waals surface area contributed by atoms with Gasteiger partial charge in [0.05, 0.1) is 0 Å². The lowest BCUT2D eigenvalue weighted by atomic mass is 9.94. The zero-order valence-corrected chi connectivity index (χ0v) is 11.9. The van der Waals surface area contributed by atoms with Gasteiger partial charge >= 0.3 is 0 Å². The number of hydrogen-bond acceptors (Lipinski definition) is 2. The monoisotopic (exact) mass is 256 g/mol. The van der Waals surface area contributed by atoms with Crippen molar-refractivity contribution in [3.05, 3.63) is 57.6 Å². The molecule has 0 heterocycles. The summed E-state index contributed by atoms with van der Waals surface area (Å²) in [6, 6.07) is 7.63. The van der Waals surface area contributed by atoms with Crippen LogP contribution in [0.25, 0.3) is 0 Å². The van der Waals surface area contributed by atoms with Crippen LogP contribution in [0.15, 0.2) is 24.3 Å². The van der Waals surface area contributed by atoms with Crippen LogP contribution in [-0.2, 0) is 6.42 Å². The normalized spacial score (nSPS) is 10.7. The minimum absolute atomic E-state index is 0.316. The maximum Gasteiger partial charge on any atom is 0.121 e. The average Bonchev–Trinajstić information content (AvgIpc) is 2.30. The van der Waals surface area contributed by atoms with Gasteiger partial charge in [0.1, 0.15) is 11.5 Å². The molecule has 2 aromatic rings. The van der Waals surface area contributed by atoms with Gasteiger partial charge in [0, 0.05) is 0 Å². The number of rotatable bonds is 2. The highest BCUT2D eigenvalue weighted by Crippen LogP contribution is 2.27. The summed E-state index contributed by atoms with van der Waals surface area (Å²) in [6.45, 7) is 7.87. The Morgan fingerprint density at radius 3 is 1.68 bits per heavy atom. The molecule has 0 aliphatic heterocycles. The van der Waals surface area contributed by atoms with E-state index in [1.165, 1.54) is 11.1 Å². The molecule has 0 saturated heterocycles. The van der Waals surface area contributed by atoms with Gasteiger partial charge in [0.2, 0.25) is 0 Å². The van der Waals surface area contributed by atoms with Crippen LogP contribution in [0, 0.1) is 27.7 Å². The third-order valence-electron chi connectivity index (χ3n) is 3.61. The summed E-state index contributed by atoms with van der Waals surface area (Å²) in [5, 5.41) is 19.4. The van der Waals surface area contributed by atoms with Crippen LogP contribution >= 0.6 is 0 Å². The molecule has 2 heteroatoms. The first-order chi connectivity index (χ1) is 8.88. The van der Waals surface area contributed by atoms with Gasteiger partial charge < -0.3 is 10.2 Å². The molecule has 2 nitrogen and oxygen atoms in total. The molecule has 100 valence electrons. The molecule has 0 spiro atoms. The number of hydrogen-bond donors (Lipinski definition) is 2. The molecule has 0 unspecified atom stereocenters. The van der Waals surface area contributed by atoms with Crippen molar-refractivity contribution >= 4 is 0 Å². The van der Waals surface area contributed by atoms with Crippen LogP contribution in [-0.4, -0.2) is 10.2 Å². The van der Waals surface area contributed by atoms with E-state index in [2.05, 4.69) is 0 Å². The van der Waals surface area contributed by atoms with Crippen molar-refractivity contribution in [1.82, 2.24) is 0 Å². The topological polar surface area (TPSA) is 40.5 Å². The van der Waals surface area contributed by atoms with Gasteiger partial charge in [-0.15, -0.1) is 0 Å². The Morgan fingerprint density at radius 2 is 1.21 bits per heavy atom. The van der Waals surface area contributed by atoms with E-state index in [-0.39, 0.29) is 0 Å². The lowest BCUT2D eigenvalue weighted by molar-refractivity contribution is 0.466. The second-order valence-corrected chi connectivity index (χ2v) is 5.31. The van der Waals surface area contributed by atoms with Crippen LogP contribution in [0.5, 0.6) is 11.5 Å². The molecule has 0 amide bonds. The van der Waals surface area contributed by atoms with Gasteiger partial charge in [0.15, 0.2) is 0 Å². The third kappa shape index (κ3) is 2.73. The maximum atomic E-state index is 9.81. The summed E-state index contributed by atoms with van der Waals surface area (Å²) in [4.78, 5) is 0. The first kappa shape index (κ1) is 13.5. The van der Waals surface area contributed by atoms with Crippen molar-refractivity contribution in [2.24, 2.45) is 0 Å². The van der Waals surface area contributed by atoms with Crippen LogP contribution in [0.1, 0.15) is 33.4 Å². The Hall–Kier alpha value is -1.96. The highest BCUT2D eigenvalue weighted by molar-refractivity contribution is 5.47. The fourth-order valence-electron chi connectivity index (χ4n) is 2.60. The summed E-state index contributed by atoms with van der Waals surface area (Å²) in [5.41, 5.74) is 6.43. The van der Waals surface area contributed by atoms with Crippen molar-refractivity contribution in [3.8, 4) is 11.5 Å². The fraction of sp³-hybridized carbons (Fsp3) is 0.294. The van der Waals surface area contributed by atoms with Gasteiger partial charge in [-0.05, 0) is 79.6 Å². The highest BCUT2D eigenvalue weighted by atomic mass is 16.3. The number of phenolic OH excluding ortho intramolecular Hbond substituents is 2. The predicted molar refractivity (Wildman–Crippen MR) is 78.0 cm³/mol. The Morgan fingerprint density at radius 1 is 0.737 bits per heavy atom. The second-order valence-electron chi connectivity index (χ2n) is 5.31. The first-order valence-electron chi connectivity index (χ1n) is 6.46. The first-order valence-corrected chi connectivity index (χ1v) is 6.46. The van der Waals surface area contributed by atoms with Gasteiger partial charge in [-0.25, -0.2) is 0 Å². The molecule has 0 aliphatic rings. The van der Waals surface area contributed by atoms with Gasteiger partial charge in [-0.3, -0.25) is 0 Å². The Labute approximate surface area is 114 Å².